The molecule has 0 aliphatic rings. The maximum atomic E-state index is 5.93. The maximum Gasteiger partial charge on any atom is 0.129 e. The van der Waals surface area contributed by atoms with Gasteiger partial charge in [0.1, 0.15) is 5.82 Å². The molecule has 0 unspecified atom stereocenters. The topological polar surface area (TPSA) is 42.1 Å². The molecule has 1 heterocycles. The zero-order chi connectivity index (χ0) is 13.5. The van der Waals surface area contributed by atoms with Crippen LogP contribution in [-0.2, 0) is 0 Å². The van der Waals surface area contributed by atoms with E-state index in [2.05, 4.69) is 36.7 Å². The van der Waals surface area contributed by atoms with Crippen LogP contribution < -0.4 is 10.6 Å². The van der Waals surface area contributed by atoms with E-state index in [1.807, 2.05) is 19.2 Å². The number of anilines is 1. The summed E-state index contributed by atoms with van der Waals surface area (Å²) in [6.07, 6.45) is 5.61. The van der Waals surface area contributed by atoms with E-state index in [1.54, 1.807) is 0 Å². The van der Waals surface area contributed by atoms with Gasteiger partial charge in [-0.05, 0) is 44.9 Å². The minimum Gasteiger partial charge on any atom is -0.354 e. The predicted octanol–water partition coefficient (Wildman–Crippen LogP) is 3.51. The van der Waals surface area contributed by atoms with Crippen molar-refractivity contribution >= 4 is 5.82 Å². The lowest BCUT2D eigenvalue weighted by Crippen LogP contribution is -2.32. The third kappa shape index (κ3) is 4.30. The van der Waals surface area contributed by atoms with Crippen LogP contribution in [0.5, 0.6) is 0 Å². The number of pyridine rings is 1. The summed E-state index contributed by atoms with van der Waals surface area (Å²) in [6.45, 7) is 9.74. The lowest BCUT2D eigenvalue weighted by molar-refractivity contribution is 0.619. The standard InChI is InChI=1S/C15H27N3/c1-5-6-7-10-18(12(2)3)15-11-14(13(4)16)8-9-17-15/h8-9,11-13H,5-7,10,16H2,1-4H3/t13-/m1/s1. The molecule has 0 radical (unpaired) electrons. The molecule has 0 spiro atoms. The largest absolute Gasteiger partial charge is 0.354 e. The van der Waals surface area contributed by atoms with Crippen LogP contribution in [-0.4, -0.2) is 17.6 Å². The van der Waals surface area contributed by atoms with Gasteiger partial charge < -0.3 is 10.6 Å². The first-order chi connectivity index (χ1) is 8.56. The quantitative estimate of drug-likeness (QED) is 0.752. The van der Waals surface area contributed by atoms with Crippen molar-refractivity contribution in [1.29, 1.82) is 0 Å². The van der Waals surface area contributed by atoms with Crippen molar-refractivity contribution in [1.82, 2.24) is 4.98 Å². The highest BCUT2D eigenvalue weighted by Gasteiger charge is 2.12. The molecule has 0 amide bonds. The van der Waals surface area contributed by atoms with Crippen LogP contribution in [0.1, 0.15) is 58.6 Å². The molecule has 3 heteroatoms. The summed E-state index contributed by atoms with van der Waals surface area (Å²) in [7, 11) is 0. The number of aromatic nitrogens is 1. The van der Waals surface area contributed by atoms with Crippen LogP contribution in [0.3, 0.4) is 0 Å². The second kappa shape index (κ2) is 7.37. The summed E-state index contributed by atoms with van der Waals surface area (Å²) < 4.78 is 0. The number of hydrogen-bond donors (Lipinski definition) is 1. The second-order valence-corrected chi connectivity index (χ2v) is 5.23. The summed E-state index contributed by atoms with van der Waals surface area (Å²) >= 11 is 0. The Morgan fingerprint density at radius 3 is 2.56 bits per heavy atom. The highest BCUT2D eigenvalue weighted by atomic mass is 15.2. The zero-order valence-electron chi connectivity index (χ0n) is 12.2. The van der Waals surface area contributed by atoms with Crippen LogP contribution in [0.25, 0.3) is 0 Å². The van der Waals surface area contributed by atoms with Crippen LogP contribution in [0.2, 0.25) is 0 Å². The molecule has 2 N–H and O–H groups in total. The van der Waals surface area contributed by atoms with Gasteiger partial charge in [0.05, 0.1) is 0 Å². The molecule has 1 atom stereocenters. The minimum absolute atomic E-state index is 0.0661. The van der Waals surface area contributed by atoms with E-state index in [0.717, 1.165) is 17.9 Å². The van der Waals surface area contributed by atoms with Gasteiger partial charge in [-0.1, -0.05) is 19.8 Å². The van der Waals surface area contributed by atoms with Gasteiger partial charge in [-0.15, -0.1) is 0 Å². The van der Waals surface area contributed by atoms with E-state index in [9.17, 15) is 0 Å². The Morgan fingerprint density at radius 1 is 1.28 bits per heavy atom. The molecule has 1 aromatic heterocycles. The van der Waals surface area contributed by atoms with Gasteiger partial charge >= 0.3 is 0 Å². The molecule has 0 aromatic carbocycles. The second-order valence-electron chi connectivity index (χ2n) is 5.23. The summed E-state index contributed by atoms with van der Waals surface area (Å²) in [6, 6.07) is 4.66. The SMILES string of the molecule is CCCCCN(c1cc([C@@H](C)N)ccn1)C(C)C. The van der Waals surface area contributed by atoms with E-state index in [1.165, 1.54) is 19.3 Å². The Kier molecular flexibility index (Phi) is 6.13. The lowest BCUT2D eigenvalue weighted by atomic mass is 10.1. The first-order valence-electron chi connectivity index (χ1n) is 7.04. The molecule has 102 valence electrons. The van der Waals surface area contributed by atoms with Crippen molar-refractivity contribution < 1.29 is 0 Å². The van der Waals surface area contributed by atoms with Crippen molar-refractivity contribution in [3.8, 4) is 0 Å². The number of unbranched alkanes of at least 4 members (excludes halogenated alkanes) is 2. The third-order valence-corrected chi connectivity index (χ3v) is 3.22. The fourth-order valence-corrected chi connectivity index (χ4v) is 2.04. The summed E-state index contributed by atoms with van der Waals surface area (Å²) in [5.41, 5.74) is 7.09. The average molecular weight is 249 g/mol. The molecule has 0 saturated heterocycles. The number of rotatable bonds is 7. The molecule has 18 heavy (non-hydrogen) atoms. The van der Waals surface area contributed by atoms with Crippen molar-refractivity contribution in [3.63, 3.8) is 0 Å². The highest BCUT2D eigenvalue weighted by molar-refractivity contribution is 5.42. The number of nitrogens with zero attached hydrogens (tertiary/aromatic N) is 2. The summed E-state index contributed by atoms with van der Waals surface area (Å²) in [4.78, 5) is 6.86. The molecular formula is C15H27N3. The smallest absolute Gasteiger partial charge is 0.129 e. The number of hydrogen-bond acceptors (Lipinski definition) is 3. The Balaban J connectivity index is 2.81. The predicted molar refractivity (Wildman–Crippen MR) is 78.8 cm³/mol. The molecule has 1 rings (SSSR count). The van der Waals surface area contributed by atoms with E-state index in [-0.39, 0.29) is 6.04 Å². The first-order valence-corrected chi connectivity index (χ1v) is 7.04. The maximum absolute atomic E-state index is 5.93. The Morgan fingerprint density at radius 2 is 2.00 bits per heavy atom. The number of nitrogens with two attached hydrogens (primary N) is 1. The van der Waals surface area contributed by atoms with Gasteiger partial charge in [0.15, 0.2) is 0 Å². The van der Waals surface area contributed by atoms with Crippen molar-refractivity contribution in [2.75, 3.05) is 11.4 Å². The molecule has 0 fully saturated rings. The Bertz CT molecular complexity index is 347. The average Bonchev–Trinajstić information content (AvgIpc) is 2.34. The van der Waals surface area contributed by atoms with Crippen molar-refractivity contribution in [2.24, 2.45) is 5.73 Å². The Labute approximate surface area is 111 Å². The molecule has 1 aromatic rings. The molecule has 0 aliphatic heterocycles. The van der Waals surface area contributed by atoms with Crippen LogP contribution in [0.15, 0.2) is 18.3 Å². The summed E-state index contributed by atoms with van der Waals surface area (Å²) in [5, 5.41) is 0. The first kappa shape index (κ1) is 15.0. The molecular weight excluding hydrogens is 222 g/mol. The van der Waals surface area contributed by atoms with Crippen LogP contribution >= 0.6 is 0 Å². The van der Waals surface area contributed by atoms with E-state index in [0.29, 0.717) is 6.04 Å². The van der Waals surface area contributed by atoms with Crippen LogP contribution in [0.4, 0.5) is 5.82 Å². The van der Waals surface area contributed by atoms with Gasteiger partial charge in [-0.2, -0.15) is 0 Å². The normalized spacial score (nSPS) is 12.8. The minimum atomic E-state index is 0.0661. The van der Waals surface area contributed by atoms with Gasteiger partial charge in [0.2, 0.25) is 0 Å². The lowest BCUT2D eigenvalue weighted by Gasteiger charge is -2.28. The van der Waals surface area contributed by atoms with Gasteiger partial charge in [0, 0.05) is 24.8 Å². The molecule has 3 nitrogen and oxygen atoms in total. The fraction of sp³-hybridized carbons (Fsp3) is 0.667. The molecule has 0 bridgehead atoms. The van der Waals surface area contributed by atoms with Crippen molar-refractivity contribution in [2.45, 2.75) is 59.0 Å². The monoisotopic (exact) mass is 249 g/mol. The third-order valence-electron chi connectivity index (χ3n) is 3.22. The zero-order valence-corrected chi connectivity index (χ0v) is 12.2. The van der Waals surface area contributed by atoms with E-state index >= 15 is 0 Å². The fourth-order valence-electron chi connectivity index (χ4n) is 2.04. The highest BCUT2D eigenvalue weighted by Crippen LogP contribution is 2.19. The van der Waals surface area contributed by atoms with E-state index in [4.69, 9.17) is 5.73 Å². The molecule has 0 saturated carbocycles. The van der Waals surface area contributed by atoms with E-state index < -0.39 is 0 Å². The Hall–Kier alpha value is -1.09. The van der Waals surface area contributed by atoms with Gasteiger partial charge in [-0.25, -0.2) is 4.98 Å². The molecule has 0 aliphatic carbocycles. The van der Waals surface area contributed by atoms with Crippen molar-refractivity contribution in [3.05, 3.63) is 23.9 Å². The van der Waals surface area contributed by atoms with Gasteiger partial charge in [0.25, 0.3) is 0 Å². The van der Waals surface area contributed by atoms with Gasteiger partial charge in [-0.3, -0.25) is 0 Å². The summed E-state index contributed by atoms with van der Waals surface area (Å²) in [5.74, 6) is 1.05. The van der Waals surface area contributed by atoms with Crippen LogP contribution in [0, 0.1) is 0 Å².